The van der Waals surface area contributed by atoms with E-state index in [-0.39, 0.29) is 0 Å². The summed E-state index contributed by atoms with van der Waals surface area (Å²) in [6.45, 7) is 8.27. The molecule has 256 valence electrons. The highest BCUT2D eigenvalue weighted by Crippen LogP contribution is 2.39. The lowest BCUT2D eigenvalue weighted by Crippen LogP contribution is -2.41. The van der Waals surface area contributed by atoms with Crippen LogP contribution >= 0.6 is 0 Å². The smallest absolute Gasteiger partial charge is 0.456 e. The van der Waals surface area contributed by atoms with Crippen LogP contribution in [0.25, 0.3) is 83.6 Å². The van der Waals surface area contributed by atoms with Crippen molar-refractivity contribution in [2.75, 3.05) is 0 Å². The molecule has 3 aromatic heterocycles. The zero-order chi connectivity index (χ0) is 35.9. The molecule has 1 aliphatic rings. The van der Waals surface area contributed by atoms with E-state index in [2.05, 4.69) is 117 Å². The average Bonchev–Trinajstić information content (AvgIpc) is 3.80. The maximum absolute atomic E-state index is 6.42. The Labute approximate surface area is 307 Å². The van der Waals surface area contributed by atoms with Crippen LogP contribution in [0.1, 0.15) is 27.7 Å². The summed E-state index contributed by atoms with van der Waals surface area (Å²) in [5.74, 6) is 1.75. The summed E-state index contributed by atoms with van der Waals surface area (Å²) in [7, 11) is -0.500. The van der Waals surface area contributed by atoms with Crippen molar-refractivity contribution in [3.8, 4) is 39.9 Å². The Morgan fingerprint density at radius 2 is 1.09 bits per heavy atom. The summed E-state index contributed by atoms with van der Waals surface area (Å²) in [6.07, 6.45) is 0. The molecule has 10 rings (SSSR count). The Kier molecular flexibility index (Phi) is 6.99. The number of para-hydroxylation sites is 2. The molecule has 7 nitrogen and oxygen atoms in total. The van der Waals surface area contributed by atoms with Gasteiger partial charge >= 0.3 is 7.12 Å². The van der Waals surface area contributed by atoms with E-state index in [0.29, 0.717) is 17.5 Å². The molecule has 6 aromatic carbocycles. The van der Waals surface area contributed by atoms with Crippen molar-refractivity contribution >= 4 is 56.3 Å². The van der Waals surface area contributed by atoms with Gasteiger partial charge in [0.2, 0.25) is 0 Å². The fourth-order valence-electron chi connectivity index (χ4n) is 7.46. The third kappa shape index (κ3) is 5.09. The Hall–Kier alpha value is -6.09. The van der Waals surface area contributed by atoms with Crippen LogP contribution in [0.3, 0.4) is 0 Å². The lowest BCUT2D eigenvalue weighted by Gasteiger charge is -2.32. The van der Waals surface area contributed by atoms with Gasteiger partial charge in [-0.2, -0.15) is 0 Å². The summed E-state index contributed by atoms with van der Waals surface area (Å²) >= 11 is 0. The first-order valence-corrected chi connectivity index (χ1v) is 18.0. The first-order valence-electron chi connectivity index (χ1n) is 18.0. The minimum atomic E-state index is -0.500. The third-order valence-corrected chi connectivity index (χ3v) is 10.9. The molecule has 1 aliphatic heterocycles. The average molecular weight is 691 g/mol. The molecule has 0 spiro atoms. The molecule has 53 heavy (non-hydrogen) atoms. The van der Waals surface area contributed by atoms with Crippen LogP contribution in [0.4, 0.5) is 0 Å². The molecular formula is C45H35BN4O3. The van der Waals surface area contributed by atoms with Crippen LogP contribution in [0.15, 0.2) is 144 Å². The van der Waals surface area contributed by atoms with Gasteiger partial charge in [-0.3, -0.25) is 0 Å². The minimum absolute atomic E-state index is 0.451. The molecule has 0 atom stereocenters. The quantitative estimate of drug-likeness (QED) is 0.167. The largest absolute Gasteiger partial charge is 0.494 e. The van der Waals surface area contributed by atoms with Crippen molar-refractivity contribution in [3.63, 3.8) is 0 Å². The van der Waals surface area contributed by atoms with E-state index in [4.69, 9.17) is 28.7 Å². The second kappa shape index (κ2) is 11.7. The maximum atomic E-state index is 6.42. The van der Waals surface area contributed by atoms with Gasteiger partial charge in [-0.1, -0.05) is 91.0 Å². The molecule has 0 N–H and O–H groups in total. The van der Waals surface area contributed by atoms with Crippen molar-refractivity contribution in [3.05, 3.63) is 140 Å². The zero-order valence-electron chi connectivity index (χ0n) is 29.9. The molecule has 9 aromatic rings. The molecule has 4 heterocycles. The topological polar surface area (TPSA) is 75.2 Å². The van der Waals surface area contributed by atoms with E-state index < -0.39 is 18.3 Å². The fraction of sp³-hybridized carbons (Fsp3) is 0.133. The second-order valence-electron chi connectivity index (χ2n) is 14.7. The van der Waals surface area contributed by atoms with Crippen molar-refractivity contribution in [2.45, 2.75) is 38.9 Å². The van der Waals surface area contributed by atoms with Crippen LogP contribution in [0, 0.1) is 0 Å². The molecule has 0 bridgehead atoms. The highest BCUT2D eigenvalue weighted by atomic mass is 16.7. The first-order chi connectivity index (χ1) is 25.7. The van der Waals surface area contributed by atoms with E-state index in [1.54, 1.807) is 0 Å². The highest BCUT2D eigenvalue weighted by Gasteiger charge is 2.51. The van der Waals surface area contributed by atoms with E-state index in [1.807, 2.05) is 54.6 Å². The predicted octanol–water partition coefficient (Wildman–Crippen LogP) is 10.2. The molecule has 0 amide bonds. The SMILES string of the molecule is CC1(C)OB(c2ccc3oc4cccc(-c5nc(-c6ccccc6)nc(-c6ccc(-n7c8ccccc8c8ccccc87)cc6)n5)c4c3c2)OC1(C)C. The zero-order valence-corrected chi connectivity index (χ0v) is 29.9. The molecule has 1 fully saturated rings. The van der Waals surface area contributed by atoms with Gasteiger partial charge in [0.1, 0.15) is 11.2 Å². The number of furan rings is 1. The molecule has 0 saturated carbocycles. The van der Waals surface area contributed by atoms with Gasteiger partial charge in [-0.25, -0.2) is 15.0 Å². The second-order valence-corrected chi connectivity index (χ2v) is 14.7. The van der Waals surface area contributed by atoms with Crippen LogP contribution in [-0.2, 0) is 9.31 Å². The first kappa shape index (κ1) is 31.6. The number of rotatable bonds is 5. The third-order valence-electron chi connectivity index (χ3n) is 10.9. The fourth-order valence-corrected chi connectivity index (χ4v) is 7.46. The van der Waals surface area contributed by atoms with Gasteiger partial charge in [0.15, 0.2) is 17.5 Å². The Balaban J connectivity index is 1.12. The van der Waals surface area contributed by atoms with Crippen molar-refractivity contribution < 1.29 is 13.7 Å². The summed E-state index contributed by atoms with van der Waals surface area (Å²) < 4.78 is 21.5. The Morgan fingerprint density at radius 1 is 0.509 bits per heavy atom. The van der Waals surface area contributed by atoms with Gasteiger partial charge in [0.05, 0.1) is 22.2 Å². The number of aromatic nitrogens is 4. The lowest BCUT2D eigenvalue weighted by molar-refractivity contribution is 0.00578. The van der Waals surface area contributed by atoms with Crippen LogP contribution in [-0.4, -0.2) is 37.8 Å². The van der Waals surface area contributed by atoms with Gasteiger partial charge in [0, 0.05) is 43.9 Å². The van der Waals surface area contributed by atoms with Gasteiger partial charge in [-0.05, 0) is 81.7 Å². The lowest BCUT2D eigenvalue weighted by atomic mass is 9.78. The number of hydrogen-bond acceptors (Lipinski definition) is 6. The summed E-state index contributed by atoms with van der Waals surface area (Å²) in [5.41, 5.74) is 7.60. The van der Waals surface area contributed by atoms with Gasteiger partial charge < -0.3 is 18.3 Å². The molecule has 0 aliphatic carbocycles. The number of hydrogen-bond donors (Lipinski definition) is 0. The molecule has 1 saturated heterocycles. The van der Waals surface area contributed by atoms with E-state index in [9.17, 15) is 0 Å². The van der Waals surface area contributed by atoms with Gasteiger partial charge in [-0.15, -0.1) is 0 Å². The highest BCUT2D eigenvalue weighted by molar-refractivity contribution is 6.62. The van der Waals surface area contributed by atoms with E-state index in [1.165, 1.54) is 10.8 Å². The predicted molar refractivity (Wildman–Crippen MR) is 213 cm³/mol. The molecule has 8 heteroatoms. The molecule has 0 unspecified atom stereocenters. The number of nitrogens with zero attached hydrogens (tertiary/aromatic N) is 4. The minimum Gasteiger partial charge on any atom is -0.456 e. The van der Waals surface area contributed by atoms with Crippen molar-refractivity contribution in [1.29, 1.82) is 0 Å². The number of fused-ring (bicyclic) bond motifs is 6. The van der Waals surface area contributed by atoms with E-state index >= 15 is 0 Å². The Bertz CT molecular complexity index is 2790. The van der Waals surface area contributed by atoms with Gasteiger partial charge in [0.25, 0.3) is 0 Å². The van der Waals surface area contributed by atoms with Crippen LogP contribution < -0.4 is 5.46 Å². The standard InChI is InChI=1S/C45H35BN4O3/c1-44(2)45(3,4)53-46(52-44)30-23-26-38-35(27-30)40-34(17-12-20-39(40)51-38)43-48-41(28-13-6-5-7-14-28)47-42(49-43)29-21-24-31(25-22-29)50-36-18-10-8-15-32(36)33-16-9-11-19-37(33)50/h5-27H,1-4H3. The molecular weight excluding hydrogens is 655 g/mol. The summed E-state index contributed by atoms with van der Waals surface area (Å²) in [5, 5.41) is 4.33. The molecule has 0 radical (unpaired) electrons. The van der Waals surface area contributed by atoms with Crippen LogP contribution in [0.5, 0.6) is 0 Å². The number of benzene rings is 6. The normalized spacial score (nSPS) is 15.3. The summed E-state index contributed by atoms with van der Waals surface area (Å²) in [6, 6.07) is 47.7. The summed E-state index contributed by atoms with van der Waals surface area (Å²) in [4.78, 5) is 15.3. The Morgan fingerprint density at radius 3 is 1.75 bits per heavy atom. The van der Waals surface area contributed by atoms with Crippen molar-refractivity contribution in [1.82, 2.24) is 19.5 Å². The van der Waals surface area contributed by atoms with Crippen molar-refractivity contribution in [2.24, 2.45) is 0 Å². The monoisotopic (exact) mass is 690 g/mol. The maximum Gasteiger partial charge on any atom is 0.494 e. The van der Waals surface area contributed by atoms with E-state index in [0.717, 1.165) is 60.8 Å². The van der Waals surface area contributed by atoms with Crippen LogP contribution in [0.2, 0.25) is 0 Å².